The average Bonchev–Trinajstić information content (AvgIpc) is 2.59. The third-order valence-corrected chi connectivity index (χ3v) is 5.98. The van der Waals surface area contributed by atoms with Gasteiger partial charge in [0.25, 0.3) is 0 Å². The summed E-state index contributed by atoms with van der Waals surface area (Å²) in [6, 6.07) is 13.8. The SMILES string of the molecule is CC[C@H](NC(=O)CCS(=O)(=O)c1ccc(Cl)cc1)c1ccc(C)cc1. The fourth-order valence-corrected chi connectivity index (χ4v) is 3.84. The number of rotatable bonds is 7. The van der Waals surface area contributed by atoms with Crippen LogP contribution < -0.4 is 5.32 Å². The maximum Gasteiger partial charge on any atom is 0.221 e. The Hall–Kier alpha value is -1.85. The Morgan fingerprint density at radius 1 is 1.08 bits per heavy atom. The molecule has 0 radical (unpaired) electrons. The van der Waals surface area contributed by atoms with Crippen LogP contribution >= 0.6 is 11.6 Å². The van der Waals surface area contributed by atoms with E-state index in [0.29, 0.717) is 5.02 Å². The lowest BCUT2D eigenvalue weighted by molar-refractivity contribution is -0.121. The first-order valence-corrected chi connectivity index (χ1v) is 10.2. The smallest absolute Gasteiger partial charge is 0.221 e. The minimum atomic E-state index is -3.50. The third kappa shape index (κ3) is 5.58. The standard InChI is InChI=1S/C19H22ClNO3S/c1-3-18(15-6-4-14(2)5-7-15)21-19(22)12-13-25(23,24)17-10-8-16(20)9-11-17/h4-11,18H,3,12-13H2,1-2H3,(H,21,22)/t18-/m0/s1. The van der Waals surface area contributed by atoms with E-state index in [4.69, 9.17) is 11.6 Å². The molecule has 0 saturated carbocycles. The fourth-order valence-electron chi connectivity index (χ4n) is 2.47. The first kappa shape index (κ1) is 19.5. The summed E-state index contributed by atoms with van der Waals surface area (Å²) < 4.78 is 24.6. The molecule has 0 bridgehead atoms. The Labute approximate surface area is 154 Å². The highest BCUT2D eigenvalue weighted by atomic mass is 35.5. The molecular weight excluding hydrogens is 358 g/mol. The predicted octanol–water partition coefficient (Wildman–Crippen LogP) is 4.08. The van der Waals surface area contributed by atoms with Gasteiger partial charge in [0.2, 0.25) is 5.91 Å². The molecule has 0 aromatic heterocycles. The molecule has 0 aliphatic heterocycles. The van der Waals surface area contributed by atoms with Crippen LogP contribution in [0.4, 0.5) is 0 Å². The Balaban J connectivity index is 1.97. The maximum absolute atomic E-state index is 12.3. The molecule has 2 rings (SSSR count). The highest BCUT2D eigenvalue weighted by Crippen LogP contribution is 2.18. The summed E-state index contributed by atoms with van der Waals surface area (Å²) >= 11 is 5.77. The van der Waals surface area contributed by atoms with Crippen molar-refractivity contribution in [2.45, 2.75) is 37.6 Å². The number of hydrogen-bond donors (Lipinski definition) is 1. The molecule has 0 aliphatic carbocycles. The van der Waals surface area contributed by atoms with Gasteiger partial charge in [0, 0.05) is 11.4 Å². The van der Waals surface area contributed by atoms with Gasteiger partial charge in [0.1, 0.15) is 0 Å². The summed E-state index contributed by atoms with van der Waals surface area (Å²) in [5.74, 6) is -0.505. The minimum absolute atomic E-state index is 0.0761. The molecule has 0 heterocycles. The van der Waals surface area contributed by atoms with Gasteiger partial charge in [-0.05, 0) is 43.2 Å². The number of benzene rings is 2. The lowest BCUT2D eigenvalue weighted by atomic mass is 10.0. The van der Waals surface area contributed by atoms with Crippen LogP contribution in [0.25, 0.3) is 0 Å². The van der Waals surface area contributed by atoms with Gasteiger partial charge < -0.3 is 5.32 Å². The minimum Gasteiger partial charge on any atom is -0.349 e. The zero-order valence-corrected chi connectivity index (χ0v) is 15.9. The van der Waals surface area contributed by atoms with Gasteiger partial charge in [-0.15, -0.1) is 0 Å². The number of aryl methyl sites for hydroxylation is 1. The molecule has 0 fully saturated rings. The van der Waals surface area contributed by atoms with Gasteiger partial charge in [0.05, 0.1) is 16.7 Å². The molecule has 134 valence electrons. The highest BCUT2D eigenvalue weighted by molar-refractivity contribution is 7.91. The Morgan fingerprint density at radius 3 is 2.24 bits per heavy atom. The quantitative estimate of drug-likeness (QED) is 0.788. The largest absolute Gasteiger partial charge is 0.349 e. The maximum atomic E-state index is 12.3. The van der Waals surface area contributed by atoms with Crippen molar-refractivity contribution in [2.24, 2.45) is 0 Å². The van der Waals surface area contributed by atoms with Crippen molar-refractivity contribution in [3.63, 3.8) is 0 Å². The lowest BCUT2D eigenvalue weighted by Crippen LogP contribution is -2.29. The van der Waals surface area contributed by atoms with E-state index in [1.165, 1.54) is 24.3 Å². The number of halogens is 1. The van der Waals surface area contributed by atoms with Crippen molar-refractivity contribution in [2.75, 3.05) is 5.75 Å². The predicted molar refractivity (Wildman–Crippen MR) is 100 cm³/mol. The molecule has 25 heavy (non-hydrogen) atoms. The van der Waals surface area contributed by atoms with Crippen molar-refractivity contribution in [3.8, 4) is 0 Å². The normalized spacial score (nSPS) is 12.6. The van der Waals surface area contributed by atoms with Gasteiger partial charge in [-0.3, -0.25) is 4.79 Å². The number of carbonyl (C=O) groups excluding carboxylic acids is 1. The first-order chi connectivity index (χ1) is 11.8. The summed E-state index contributed by atoms with van der Waals surface area (Å²) in [7, 11) is -3.50. The number of hydrogen-bond acceptors (Lipinski definition) is 3. The molecule has 2 aromatic carbocycles. The van der Waals surface area contributed by atoms with Gasteiger partial charge in [-0.25, -0.2) is 8.42 Å². The summed E-state index contributed by atoms with van der Waals surface area (Å²) in [5, 5.41) is 3.38. The molecule has 1 N–H and O–H groups in total. The molecule has 6 heteroatoms. The van der Waals surface area contributed by atoms with Crippen LogP contribution in [0.5, 0.6) is 0 Å². The van der Waals surface area contributed by atoms with Crippen molar-refractivity contribution in [1.29, 1.82) is 0 Å². The van der Waals surface area contributed by atoms with Crippen LogP contribution in [0.15, 0.2) is 53.4 Å². The zero-order chi connectivity index (χ0) is 18.4. The molecule has 0 aliphatic rings. The summed E-state index contributed by atoms with van der Waals surface area (Å²) in [6.45, 7) is 3.99. The molecule has 0 spiro atoms. The zero-order valence-electron chi connectivity index (χ0n) is 14.3. The average molecular weight is 380 g/mol. The van der Waals surface area contributed by atoms with Crippen LogP contribution in [0.1, 0.15) is 36.9 Å². The van der Waals surface area contributed by atoms with Crippen LogP contribution in [0.2, 0.25) is 5.02 Å². The molecule has 4 nitrogen and oxygen atoms in total. The van der Waals surface area contributed by atoms with E-state index in [1.807, 2.05) is 38.1 Å². The third-order valence-electron chi connectivity index (χ3n) is 3.99. The fraction of sp³-hybridized carbons (Fsp3) is 0.316. The molecule has 2 aromatic rings. The first-order valence-electron chi connectivity index (χ1n) is 8.16. The Morgan fingerprint density at radius 2 is 1.68 bits per heavy atom. The molecule has 1 amide bonds. The van der Waals surface area contributed by atoms with E-state index >= 15 is 0 Å². The van der Waals surface area contributed by atoms with Gasteiger partial charge in [-0.1, -0.05) is 48.4 Å². The second-order valence-corrected chi connectivity index (χ2v) is 8.51. The molecule has 1 atom stereocenters. The topological polar surface area (TPSA) is 63.2 Å². The van der Waals surface area contributed by atoms with Crippen LogP contribution in [0, 0.1) is 6.92 Å². The monoisotopic (exact) mass is 379 g/mol. The summed E-state index contributed by atoms with van der Waals surface area (Å²) in [5.41, 5.74) is 2.17. The van der Waals surface area contributed by atoms with Crippen molar-refractivity contribution < 1.29 is 13.2 Å². The molecule has 0 unspecified atom stereocenters. The highest BCUT2D eigenvalue weighted by Gasteiger charge is 2.18. The summed E-state index contributed by atoms with van der Waals surface area (Å²) in [4.78, 5) is 12.4. The Kier molecular flexibility index (Phi) is 6.62. The van der Waals surface area contributed by atoms with E-state index in [9.17, 15) is 13.2 Å². The van der Waals surface area contributed by atoms with E-state index in [1.54, 1.807) is 0 Å². The van der Waals surface area contributed by atoms with E-state index in [0.717, 1.165) is 17.5 Å². The number of amides is 1. The van der Waals surface area contributed by atoms with Crippen LogP contribution in [-0.4, -0.2) is 20.1 Å². The van der Waals surface area contributed by atoms with Gasteiger partial charge in [-0.2, -0.15) is 0 Å². The number of carbonyl (C=O) groups is 1. The van der Waals surface area contributed by atoms with E-state index in [-0.39, 0.29) is 29.0 Å². The van der Waals surface area contributed by atoms with Crippen molar-refractivity contribution >= 4 is 27.3 Å². The van der Waals surface area contributed by atoms with Crippen molar-refractivity contribution in [3.05, 3.63) is 64.7 Å². The van der Waals surface area contributed by atoms with Crippen molar-refractivity contribution in [1.82, 2.24) is 5.32 Å². The summed E-state index contributed by atoms with van der Waals surface area (Å²) in [6.07, 6.45) is 0.659. The van der Waals surface area contributed by atoms with E-state index in [2.05, 4.69) is 5.32 Å². The molecule has 0 saturated heterocycles. The van der Waals surface area contributed by atoms with Crippen LogP contribution in [0.3, 0.4) is 0 Å². The number of nitrogens with one attached hydrogen (secondary N) is 1. The number of sulfone groups is 1. The molecular formula is C19H22ClNO3S. The van der Waals surface area contributed by atoms with Crippen LogP contribution in [-0.2, 0) is 14.6 Å². The lowest BCUT2D eigenvalue weighted by Gasteiger charge is -2.17. The Bertz CT molecular complexity index is 815. The van der Waals surface area contributed by atoms with Gasteiger partial charge >= 0.3 is 0 Å². The van der Waals surface area contributed by atoms with E-state index < -0.39 is 9.84 Å². The van der Waals surface area contributed by atoms with Gasteiger partial charge in [0.15, 0.2) is 9.84 Å². The second kappa shape index (κ2) is 8.50. The second-order valence-electron chi connectivity index (χ2n) is 5.96.